The van der Waals surface area contributed by atoms with Crippen molar-refractivity contribution in [3.05, 3.63) is 59.7 Å². The summed E-state index contributed by atoms with van der Waals surface area (Å²) in [7, 11) is -8.13. The highest BCUT2D eigenvalue weighted by Gasteiger charge is 2.47. The van der Waals surface area contributed by atoms with Crippen LogP contribution in [0.2, 0.25) is 0 Å². The van der Waals surface area contributed by atoms with Gasteiger partial charge in [-0.05, 0) is 52.0 Å². The summed E-state index contributed by atoms with van der Waals surface area (Å²) in [4.78, 5) is 0.0404. The molecule has 2 aromatic rings. The van der Waals surface area contributed by atoms with Crippen LogP contribution >= 0.6 is 0 Å². The Morgan fingerprint density at radius 2 is 0.974 bits per heavy atom. The molecule has 0 spiro atoms. The zero-order valence-electron chi connectivity index (χ0n) is 22.2. The van der Waals surface area contributed by atoms with Crippen molar-refractivity contribution in [2.45, 2.75) is 48.7 Å². The van der Waals surface area contributed by atoms with Crippen LogP contribution in [0.25, 0.3) is 0 Å². The molecule has 0 amide bonds. The SMILES string of the molecule is CCOC[C@]1(COS(=O)(=O)c2ccc(C)cc2)CO[C@@](COCC)(COS(=O)(=O)c2ccc(C)cc2)CO1. The average molecular weight is 573 g/mol. The second-order valence-corrected chi connectivity index (χ2v) is 12.5. The van der Waals surface area contributed by atoms with Crippen LogP contribution in [0.4, 0.5) is 0 Å². The van der Waals surface area contributed by atoms with Gasteiger partial charge in [-0.1, -0.05) is 35.4 Å². The smallest absolute Gasteiger partial charge is 0.297 e. The number of hydrogen-bond donors (Lipinski definition) is 0. The maximum atomic E-state index is 12.8. The van der Waals surface area contributed by atoms with E-state index in [-0.39, 0.29) is 49.4 Å². The molecule has 1 heterocycles. The summed E-state index contributed by atoms with van der Waals surface area (Å²) < 4.78 is 85.2. The van der Waals surface area contributed by atoms with E-state index in [0.29, 0.717) is 13.2 Å². The van der Waals surface area contributed by atoms with E-state index >= 15 is 0 Å². The van der Waals surface area contributed by atoms with Crippen molar-refractivity contribution in [1.82, 2.24) is 0 Å². The molecule has 0 saturated carbocycles. The summed E-state index contributed by atoms with van der Waals surface area (Å²) in [5, 5.41) is 0. The lowest BCUT2D eigenvalue weighted by Crippen LogP contribution is -2.61. The van der Waals surface area contributed by atoms with Crippen LogP contribution in [-0.4, -0.2) is 80.9 Å². The summed E-state index contributed by atoms with van der Waals surface area (Å²) in [6.07, 6.45) is 0. The van der Waals surface area contributed by atoms with Gasteiger partial charge in [0.25, 0.3) is 20.2 Å². The second kappa shape index (κ2) is 13.0. The summed E-state index contributed by atoms with van der Waals surface area (Å²) in [5.41, 5.74) is -0.672. The van der Waals surface area contributed by atoms with Crippen LogP contribution in [0.1, 0.15) is 25.0 Å². The molecule has 3 rings (SSSR count). The van der Waals surface area contributed by atoms with Gasteiger partial charge in [-0.25, -0.2) is 0 Å². The third-order valence-electron chi connectivity index (χ3n) is 5.99. The van der Waals surface area contributed by atoms with Gasteiger partial charge < -0.3 is 18.9 Å². The third-order valence-corrected chi connectivity index (χ3v) is 8.55. The molecule has 12 heteroatoms. The fourth-order valence-electron chi connectivity index (χ4n) is 3.56. The molecular weight excluding hydrogens is 536 g/mol. The van der Waals surface area contributed by atoms with Gasteiger partial charge in [-0.15, -0.1) is 0 Å². The lowest BCUT2D eigenvalue weighted by atomic mass is 10.0. The van der Waals surface area contributed by atoms with E-state index in [1.165, 1.54) is 24.3 Å². The van der Waals surface area contributed by atoms with Crippen LogP contribution in [0.3, 0.4) is 0 Å². The van der Waals surface area contributed by atoms with Crippen molar-refractivity contribution in [3.8, 4) is 0 Å². The highest BCUT2D eigenvalue weighted by Crippen LogP contribution is 2.30. The molecule has 1 aliphatic heterocycles. The molecule has 1 aliphatic rings. The molecule has 38 heavy (non-hydrogen) atoms. The minimum atomic E-state index is -4.07. The molecule has 0 unspecified atom stereocenters. The van der Waals surface area contributed by atoms with E-state index in [4.69, 9.17) is 27.3 Å². The predicted molar refractivity (Wildman–Crippen MR) is 139 cm³/mol. The van der Waals surface area contributed by atoms with Gasteiger partial charge in [0, 0.05) is 13.2 Å². The molecule has 0 aliphatic carbocycles. The molecule has 0 radical (unpaired) electrons. The van der Waals surface area contributed by atoms with Crippen LogP contribution in [0, 0.1) is 13.8 Å². The topological polar surface area (TPSA) is 124 Å². The molecule has 212 valence electrons. The van der Waals surface area contributed by atoms with Crippen molar-refractivity contribution in [1.29, 1.82) is 0 Å². The van der Waals surface area contributed by atoms with Crippen LogP contribution in [-0.2, 0) is 47.5 Å². The van der Waals surface area contributed by atoms with E-state index in [0.717, 1.165) is 11.1 Å². The minimum absolute atomic E-state index is 0.000154. The largest absolute Gasteiger partial charge is 0.379 e. The maximum Gasteiger partial charge on any atom is 0.297 e. The first-order valence-corrected chi connectivity index (χ1v) is 15.1. The second-order valence-electron chi connectivity index (χ2n) is 9.28. The minimum Gasteiger partial charge on any atom is -0.379 e. The third kappa shape index (κ3) is 8.06. The first-order valence-electron chi connectivity index (χ1n) is 12.3. The zero-order valence-corrected chi connectivity index (χ0v) is 23.8. The number of ether oxygens (including phenoxy) is 4. The monoisotopic (exact) mass is 572 g/mol. The molecule has 2 atom stereocenters. The van der Waals surface area contributed by atoms with Crippen molar-refractivity contribution in [2.75, 3.05) is 52.9 Å². The molecule has 0 bridgehead atoms. The van der Waals surface area contributed by atoms with Crippen LogP contribution < -0.4 is 0 Å². The summed E-state index contributed by atoms with van der Waals surface area (Å²) in [6.45, 7) is 7.00. The summed E-state index contributed by atoms with van der Waals surface area (Å²) >= 11 is 0. The van der Waals surface area contributed by atoms with Gasteiger partial charge in [0.1, 0.15) is 24.4 Å². The Bertz CT molecular complexity index is 1130. The highest BCUT2D eigenvalue weighted by atomic mass is 32.2. The predicted octanol–water partition coefficient (Wildman–Crippen LogP) is 3.01. The van der Waals surface area contributed by atoms with Crippen molar-refractivity contribution in [3.63, 3.8) is 0 Å². The Kier molecular flexibility index (Phi) is 10.5. The maximum absolute atomic E-state index is 12.8. The number of aryl methyl sites for hydroxylation is 2. The van der Waals surface area contributed by atoms with Crippen LogP contribution in [0.15, 0.2) is 58.3 Å². The first kappa shape index (κ1) is 30.6. The fraction of sp³-hybridized carbons (Fsp3) is 0.538. The first-order chi connectivity index (χ1) is 17.9. The van der Waals surface area contributed by atoms with E-state index in [1.807, 2.05) is 13.8 Å². The van der Waals surface area contributed by atoms with Crippen molar-refractivity contribution in [2.24, 2.45) is 0 Å². The van der Waals surface area contributed by atoms with Gasteiger partial charge in [-0.3, -0.25) is 8.37 Å². The molecule has 2 aromatic carbocycles. The normalized spacial score (nSPS) is 22.4. The molecular formula is C26H36O10S2. The molecule has 10 nitrogen and oxygen atoms in total. The highest BCUT2D eigenvalue weighted by molar-refractivity contribution is 7.87. The lowest BCUT2D eigenvalue weighted by Gasteiger charge is -2.45. The summed E-state index contributed by atoms with van der Waals surface area (Å²) in [6, 6.07) is 12.6. The van der Waals surface area contributed by atoms with Gasteiger partial charge in [-0.2, -0.15) is 16.8 Å². The average Bonchev–Trinajstić information content (AvgIpc) is 2.90. The number of hydrogen-bond acceptors (Lipinski definition) is 10. The van der Waals surface area contributed by atoms with Crippen molar-refractivity contribution >= 4 is 20.2 Å². The van der Waals surface area contributed by atoms with Gasteiger partial charge in [0.2, 0.25) is 0 Å². The van der Waals surface area contributed by atoms with E-state index in [2.05, 4.69) is 0 Å². The summed E-state index contributed by atoms with van der Waals surface area (Å²) in [5.74, 6) is 0. The van der Waals surface area contributed by atoms with Gasteiger partial charge in [0.05, 0.1) is 36.2 Å². The lowest BCUT2D eigenvalue weighted by molar-refractivity contribution is -0.273. The quantitative estimate of drug-likeness (QED) is 0.312. The van der Waals surface area contributed by atoms with Gasteiger partial charge in [0.15, 0.2) is 0 Å². The molecule has 1 saturated heterocycles. The standard InChI is InChI=1S/C26H36O10S2/c1-5-31-15-25(19-35-37(27,28)23-11-7-21(3)8-12-23)17-34-26(18-33-25,16-32-6-2)20-36-38(29,30)24-13-9-22(4)10-14-24/h7-14H,5-6,15-20H2,1-4H3/t25-,26-/m1/s1. The number of benzene rings is 2. The zero-order chi connectivity index (χ0) is 27.9. The molecule has 0 N–H and O–H groups in total. The molecule has 0 aromatic heterocycles. The molecule has 1 fully saturated rings. The Hall–Kier alpha value is -1.90. The van der Waals surface area contributed by atoms with E-state index < -0.39 is 31.4 Å². The Morgan fingerprint density at radius 1 is 0.632 bits per heavy atom. The fourth-order valence-corrected chi connectivity index (χ4v) is 5.51. The Labute approximate surface area is 225 Å². The van der Waals surface area contributed by atoms with E-state index in [1.54, 1.807) is 38.1 Å². The van der Waals surface area contributed by atoms with E-state index in [9.17, 15) is 16.8 Å². The Morgan fingerprint density at radius 3 is 1.26 bits per heavy atom. The number of rotatable bonds is 14. The van der Waals surface area contributed by atoms with Crippen molar-refractivity contribution < 1.29 is 44.1 Å². The Balaban J connectivity index is 1.73. The van der Waals surface area contributed by atoms with Gasteiger partial charge >= 0.3 is 0 Å². The van der Waals surface area contributed by atoms with Crippen LogP contribution in [0.5, 0.6) is 0 Å².